The fourth-order valence-electron chi connectivity index (χ4n) is 10.0. The summed E-state index contributed by atoms with van der Waals surface area (Å²) in [5.41, 5.74) is 14.8. The molecule has 0 unspecified atom stereocenters. The molecule has 2 aromatic heterocycles. The van der Waals surface area contributed by atoms with Crippen molar-refractivity contribution in [2.75, 3.05) is 4.90 Å². The van der Waals surface area contributed by atoms with Crippen LogP contribution in [0.2, 0.25) is 0 Å². The molecule has 1 fully saturated rings. The summed E-state index contributed by atoms with van der Waals surface area (Å²) >= 11 is 0. The van der Waals surface area contributed by atoms with E-state index in [0.717, 1.165) is 50.7 Å². The molecular weight excluding hydrogens is 892 g/mol. The minimum absolute atomic E-state index is 0. The van der Waals surface area contributed by atoms with Crippen molar-refractivity contribution in [2.24, 2.45) is 0 Å². The molecule has 2 bridgehead atoms. The van der Waals surface area contributed by atoms with Crippen molar-refractivity contribution in [3.05, 3.63) is 215 Å². The van der Waals surface area contributed by atoms with Crippen LogP contribution in [0.15, 0.2) is 158 Å². The first kappa shape index (κ1) is 36.3. The molecule has 58 heavy (non-hydrogen) atoms. The summed E-state index contributed by atoms with van der Waals surface area (Å²) in [5, 5.41) is 5.17. The van der Waals surface area contributed by atoms with Crippen LogP contribution in [0.4, 0.5) is 17.1 Å². The second kappa shape index (κ2) is 14.4. The van der Waals surface area contributed by atoms with Gasteiger partial charge in [0.05, 0.1) is 28.2 Å². The molecule has 11 rings (SSSR count). The summed E-state index contributed by atoms with van der Waals surface area (Å²) in [7, 11) is 0. The molecule has 3 aliphatic rings. The fourth-order valence-corrected chi connectivity index (χ4v) is 10.0. The van der Waals surface area contributed by atoms with Crippen molar-refractivity contribution in [1.29, 1.82) is 0 Å². The first-order valence-electron chi connectivity index (χ1n) is 20.0. The van der Waals surface area contributed by atoms with Crippen LogP contribution in [0.25, 0.3) is 16.8 Å². The Balaban J connectivity index is 0.00000408. The van der Waals surface area contributed by atoms with E-state index in [1.54, 1.807) is 0 Å². The molecule has 5 nitrogen and oxygen atoms in total. The van der Waals surface area contributed by atoms with E-state index in [9.17, 15) is 0 Å². The predicted molar refractivity (Wildman–Crippen MR) is 226 cm³/mol. The summed E-state index contributed by atoms with van der Waals surface area (Å²) in [4.78, 5) is 7.47. The van der Waals surface area contributed by atoms with Crippen LogP contribution in [-0.2, 0) is 26.5 Å². The molecule has 0 spiro atoms. The molecule has 0 amide bonds. The molecule has 8 aromatic rings. The number of benzene rings is 6. The van der Waals surface area contributed by atoms with Gasteiger partial charge in [0.2, 0.25) is 0 Å². The Labute approximate surface area is 354 Å². The minimum atomic E-state index is -0.803. The van der Waals surface area contributed by atoms with Gasteiger partial charge in [0, 0.05) is 35.5 Å². The molecular formula is C52H40N4OPt. The maximum Gasteiger partial charge on any atom is 2.00 e. The van der Waals surface area contributed by atoms with Crippen LogP contribution in [0.3, 0.4) is 0 Å². The van der Waals surface area contributed by atoms with E-state index in [2.05, 4.69) is 171 Å². The Bertz CT molecular complexity index is 2720. The monoisotopic (exact) mass is 931 g/mol. The zero-order chi connectivity index (χ0) is 38.1. The van der Waals surface area contributed by atoms with Crippen molar-refractivity contribution in [2.45, 2.75) is 50.4 Å². The summed E-state index contributed by atoms with van der Waals surface area (Å²) < 4.78 is 8.94. The van der Waals surface area contributed by atoms with Gasteiger partial charge >= 0.3 is 21.1 Å². The van der Waals surface area contributed by atoms with Gasteiger partial charge in [0.25, 0.3) is 0 Å². The molecule has 6 aromatic carbocycles. The van der Waals surface area contributed by atoms with Gasteiger partial charge in [-0.05, 0) is 114 Å². The second-order valence-electron chi connectivity index (χ2n) is 15.7. The zero-order valence-corrected chi connectivity index (χ0v) is 34.6. The molecule has 0 radical (unpaired) electrons. The average molecular weight is 932 g/mol. The first-order valence-corrected chi connectivity index (χ1v) is 20.0. The third kappa shape index (κ3) is 5.70. The molecule has 2 atom stereocenters. The van der Waals surface area contributed by atoms with Crippen molar-refractivity contribution in [3.63, 3.8) is 0 Å². The Kier molecular flexibility index (Phi) is 9.02. The third-order valence-electron chi connectivity index (χ3n) is 12.4. The fraction of sp³-hybridized carbons (Fsp3) is 0.154. The number of ether oxygens (including phenoxy) is 1. The summed E-state index contributed by atoms with van der Waals surface area (Å²) in [6, 6.07) is 58.6. The number of aryl methyl sites for hydroxylation is 2. The summed E-state index contributed by atoms with van der Waals surface area (Å²) in [6.07, 6.45) is 7.86. The van der Waals surface area contributed by atoms with Gasteiger partial charge in [0.15, 0.2) is 0 Å². The molecule has 3 heterocycles. The Morgan fingerprint density at radius 3 is 2.09 bits per heavy atom. The first-order chi connectivity index (χ1) is 28.1. The predicted octanol–water partition coefficient (Wildman–Crippen LogP) is 12.5. The van der Waals surface area contributed by atoms with Gasteiger partial charge in [0.1, 0.15) is 0 Å². The largest absolute Gasteiger partial charge is 2.00 e. The SMILES string of the molecule is Cc1cccc(C)c1-c1cc(Oc2[c-]c(C3(c4ccccn4)c4ccccc4N(c4ccccc4)c4ccccc43)ccc2)[c-]c(-n2cc3c(n2)[C@@H]2CC[C@H]3C2)c1.[Pt+2]. The standard InChI is InChI=1S/C52H40N4O.Pt/c1-34-14-12-15-35(2)50(34)38-29-41(55-33-44-36-25-26-37(28-36)51(44)54-55)32-43(30-38)57-42-19-13-16-39(31-42)52(49-24-10-11-27-53-49)45-20-6-8-22-47(45)56(40-17-4-3-5-18-40)48-23-9-7-21-46(48)52;/h3-24,27,29-30,33,36-37H,25-26,28H2,1-2H3;/q-2;+2/t36-,37+;/m0./s1. The smallest absolute Gasteiger partial charge is 0.509 e. The van der Waals surface area contributed by atoms with Crippen molar-refractivity contribution < 1.29 is 25.8 Å². The maximum atomic E-state index is 6.91. The Morgan fingerprint density at radius 1 is 0.672 bits per heavy atom. The van der Waals surface area contributed by atoms with Crippen LogP contribution < -0.4 is 9.64 Å². The van der Waals surface area contributed by atoms with E-state index < -0.39 is 5.41 Å². The van der Waals surface area contributed by atoms with E-state index in [1.807, 2.05) is 23.0 Å². The molecule has 6 heteroatoms. The van der Waals surface area contributed by atoms with Gasteiger partial charge in [-0.25, -0.2) is 0 Å². The Morgan fingerprint density at radius 2 is 1.36 bits per heavy atom. The molecule has 2 aliphatic carbocycles. The van der Waals surface area contributed by atoms with Crippen LogP contribution in [0.1, 0.15) is 75.9 Å². The van der Waals surface area contributed by atoms with E-state index in [4.69, 9.17) is 14.8 Å². The van der Waals surface area contributed by atoms with E-state index in [-0.39, 0.29) is 21.1 Å². The summed E-state index contributed by atoms with van der Waals surface area (Å²) in [6.45, 7) is 4.35. The number of nitrogens with zero attached hydrogens (tertiary/aromatic N) is 4. The van der Waals surface area contributed by atoms with Crippen LogP contribution in [-0.4, -0.2) is 14.8 Å². The van der Waals surface area contributed by atoms with Crippen LogP contribution in [0.5, 0.6) is 11.5 Å². The van der Waals surface area contributed by atoms with Crippen molar-refractivity contribution >= 4 is 17.1 Å². The maximum absolute atomic E-state index is 6.91. The number of para-hydroxylation sites is 3. The number of fused-ring (bicyclic) bond motifs is 7. The molecule has 284 valence electrons. The average Bonchev–Trinajstić information content (AvgIpc) is 3.99. The number of aromatic nitrogens is 3. The van der Waals surface area contributed by atoms with E-state index in [0.29, 0.717) is 23.3 Å². The van der Waals surface area contributed by atoms with Gasteiger partial charge in [-0.1, -0.05) is 78.9 Å². The molecule has 1 aliphatic heterocycles. The zero-order valence-electron chi connectivity index (χ0n) is 32.3. The molecule has 1 saturated carbocycles. The van der Waals surface area contributed by atoms with E-state index >= 15 is 0 Å². The summed E-state index contributed by atoms with van der Waals surface area (Å²) in [5.74, 6) is 2.41. The normalized spacial score (nSPS) is 16.9. The number of hydrogen-bond acceptors (Lipinski definition) is 4. The number of pyridine rings is 1. The minimum Gasteiger partial charge on any atom is -0.509 e. The van der Waals surface area contributed by atoms with Gasteiger partial charge < -0.3 is 9.64 Å². The topological polar surface area (TPSA) is 43.2 Å². The molecule has 0 N–H and O–H groups in total. The van der Waals surface area contributed by atoms with Crippen LogP contribution >= 0.6 is 0 Å². The van der Waals surface area contributed by atoms with Gasteiger partial charge in [-0.15, -0.1) is 41.5 Å². The van der Waals surface area contributed by atoms with Gasteiger partial charge in [-0.2, -0.15) is 17.2 Å². The van der Waals surface area contributed by atoms with Gasteiger partial charge in [-0.3, -0.25) is 9.67 Å². The van der Waals surface area contributed by atoms with Crippen LogP contribution in [0, 0.1) is 26.0 Å². The quantitative estimate of drug-likeness (QED) is 0.149. The Hall–Kier alpha value is -6.03. The second-order valence-corrected chi connectivity index (χ2v) is 15.7. The third-order valence-corrected chi connectivity index (χ3v) is 12.4. The number of hydrogen-bond donors (Lipinski definition) is 0. The number of anilines is 3. The van der Waals surface area contributed by atoms with Crippen molar-refractivity contribution in [1.82, 2.24) is 14.8 Å². The van der Waals surface area contributed by atoms with Crippen molar-refractivity contribution in [3.8, 4) is 28.3 Å². The number of rotatable bonds is 7. The van der Waals surface area contributed by atoms with E-state index in [1.165, 1.54) is 47.2 Å². The molecule has 0 saturated heterocycles.